The minimum atomic E-state index is 0.991. The molecule has 0 unspecified atom stereocenters. The summed E-state index contributed by atoms with van der Waals surface area (Å²) in [7, 11) is 2.12. The molecule has 1 nitrogen and oxygen atoms in total. The van der Waals surface area contributed by atoms with Crippen LogP contribution in [-0.4, -0.2) is 7.05 Å². The van der Waals surface area contributed by atoms with Gasteiger partial charge in [0.05, 0.1) is 0 Å². The van der Waals surface area contributed by atoms with E-state index in [-0.39, 0.29) is 0 Å². The molecule has 7 aromatic carbocycles. The summed E-state index contributed by atoms with van der Waals surface area (Å²) >= 11 is 0. The molecule has 0 aliphatic heterocycles. The van der Waals surface area contributed by atoms with Gasteiger partial charge in [0.1, 0.15) is 0 Å². The molecule has 0 spiro atoms. The summed E-state index contributed by atoms with van der Waals surface area (Å²) in [5.41, 5.74) is 16.2. The number of rotatable bonds is 12. The molecule has 0 atom stereocenters. The molecule has 1 heteroatoms. The predicted molar refractivity (Wildman–Crippen MR) is 261 cm³/mol. The normalized spacial score (nSPS) is 11.3. The Kier molecular flexibility index (Phi) is 17.3. The van der Waals surface area contributed by atoms with Crippen molar-refractivity contribution >= 4 is 16.9 Å². The fourth-order valence-electron chi connectivity index (χ4n) is 6.87. The maximum absolute atomic E-state index is 2.24. The summed E-state index contributed by atoms with van der Waals surface area (Å²) in [6, 6.07) is 65.0. The van der Waals surface area contributed by atoms with Gasteiger partial charge in [0, 0.05) is 18.4 Å². The van der Waals surface area contributed by atoms with Crippen LogP contribution in [0.25, 0.3) is 50.1 Å². The molecule has 0 aliphatic carbocycles. The Morgan fingerprint density at radius 3 is 1.36 bits per heavy atom. The smallest absolute Gasteiger partial charge is 0.0408 e. The third kappa shape index (κ3) is 12.4. The van der Waals surface area contributed by atoms with Crippen molar-refractivity contribution in [3.63, 3.8) is 0 Å². The summed E-state index contributed by atoms with van der Waals surface area (Å²) in [6.07, 6.45) is 16.9. The number of hydrogen-bond acceptors (Lipinski definition) is 1. The molecule has 0 amide bonds. The lowest BCUT2D eigenvalue weighted by molar-refractivity contribution is 1.14. The van der Waals surface area contributed by atoms with Crippen LogP contribution in [0, 0.1) is 0 Å². The van der Waals surface area contributed by atoms with Gasteiger partial charge < -0.3 is 4.90 Å². The van der Waals surface area contributed by atoms with Crippen molar-refractivity contribution in [3.05, 3.63) is 236 Å². The molecule has 0 saturated carbocycles. The number of hydrogen-bond donors (Lipinski definition) is 0. The first-order valence-electron chi connectivity index (χ1n) is 21.0. The summed E-state index contributed by atoms with van der Waals surface area (Å²) in [6.45, 7) is 10.3. The van der Waals surface area contributed by atoms with Gasteiger partial charge in [0.15, 0.2) is 0 Å². The van der Waals surface area contributed by atoms with Gasteiger partial charge in [-0.1, -0.05) is 221 Å². The lowest BCUT2D eigenvalue weighted by atomic mass is 9.96. The fraction of sp³-hybridized carbons (Fsp3) is 0.138. The van der Waals surface area contributed by atoms with Crippen molar-refractivity contribution in [1.82, 2.24) is 0 Å². The molecule has 0 saturated heterocycles. The molecule has 296 valence electrons. The first kappa shape index (κ1) is 43.4. The molecule has 59 heavy (non-hydrogen) atoms. The quantitative estimate of drug-likeness (QED) is 0.0884. The van der Waals surface area contributed by atoms with E-state index in [0.717, 1.165) is 24.2 Å². The van der Waals surface area contributed by atoms with E-state index in [1.807, 2.05) is 33.8 Å². The molecule has 0 radical (unpaired) electrons. The van der Waals surface area contributed by atoms with Crippen LogP contribution in [0.5, 0.6) is 0 Å². The average molecular weight is 770 g/mol. The molecule has 0 bridgehead atoms. The Balaban J connectivity index is 0.000000293. The van der Waals surface area contributed by atoms with Crippen molar-refractivity contribution in [2.24, 2.45) is 0 Å². The highest BCUT2D eigenvalue weighted by Gasteiger charge is 2.08. The number of allylic oxidation sites excluding steroid dienone is 8. The molecular weight excluding hydrogens is 711 g/mol. The Morgan fingerprint density at radius 2 is 0.881 bits per heavy atom. The highest BCUT2D eigenvalue weighted by molar-refractivity contribution is 5.77. The minimum Gasteiger partial charge on any atom is -0.345 e. The standard InChI is InChI=1S/C39H33N.C17H20.C2H6/c1-3-29-9-7-8-12-39(29)36-19-17-33(18-20-36)35-23-27-38(28-24-35)40(2)37-25-21-34(22-26-37)32-15-13-31(14-16-32)30-10-5-4-6-11-30;1-3-5-6-7-9-13-16(12-4-2)17-14-10-8-11-15-17;1-2/h4-28H,3H2,1-2H3;3-5,7-15H,6H2,1-2H3;1-2H3/b;5-3-,9-7+,12-4-,16-13+;. The zero-order chi connectivity index (χ0) is 41.7. The van der Waals surface area contributed by atoms with Crippen LogP contribution in [-0.2, 0) is 6.42 Å². The van der Waals surface area contributed by atoms with Crippen LogP contribution < -0.4 is 4.90 Å². The molecule has 0 heterocycles. The van der Waals surface area contributed by atoms with E-state index in [4.69, 9.17) is 0 Å². The zero-order valence-electron chi connectivity index (χ0n) is 35.7. The van der Waals surface area contributed by atoms with E-state index in [2.05, 4.69) is 237 Å². The average Bonchev–Trinajstić information content (AvgIpc) is 3.32. The maximum atomic E-state index is 2.24. The Hall–Kier alpha value is -6.70. The van der Waals surface area contributed by atoms with Crippen molar-refractivity contribution in [3.8, 4) is 44.5 Å². The number of aryl methyl sites for hydroxylation is 1. The summed E-state index contributed by atoms with van der Waals surface area (Å²) < 4.78 is 0. The van der Waals surface area contributed by atoms with Crippen molar-refractivity contribution in [2.75, 3.05) is 11.9 Å². The largest absolute Gasteiger partial charge is 0.345 e. The van der Waals surface area contributed by atoms with Crippen LogP contribution in [0.2, 0.25) is 0 Å². The molecule has 0 N–H and O–H groups in total. The van der Waals surface area contributed by atoms with Crippen LogP contribution in [0.3, 0.4) is 0 Å². The molecule has 0 aliphatic rings. The number of nitrogens with zero attached hydrogens (tertiary/aromatic N) is 1. The van der Waals surface area contributed by atoms with Gasteiger partial charge in [-0.15, -0.1) is 0 Å². The monoisotopic (exact) mass is 769 g/mol. The van der Waals surface area contributed by atoms with E-state index in [1.165, 1.54) is 61.2 Å². The van der Waals surface area contributed by atoms with E-state index in [0.29, 0.717) is 0 Å². The molecule has 7 rings (SSSR count). The Labute approximate surface area is 355 Å². The Bertz CT molecular complexity index is 2380. The lowest BCUT2D eigenvalue weighted by Crippen LogP contribution is -2.08. The van der Waals surface area contributed by atoms with Crippen LogP contribution in [0.1, 0.15) is 52.2 Å². The third-order valence-corrected chi connectivity index (χ3v) is 10.1. The SMILES string of the molecule is C/C=C\C/C=C/C=C(\C=C/C)c1ccccc1.CC.CCc1ccccc1-c1ccc(-c2ccc(N(C)c3ccc(-c4ccc(-c5ccccc5)cc4)cc3)cc2)cc1. The molecule has 7 aromatic rings. The molecular formula is C58H59N. The van der Waals surface area contributed by atoms with E-state index in [9.17, 15) is 0 Å². The van der Waals surface area contributed by atoms with Crippen LogP contribution >= 0.6 is 0 Å². The number of anilines is 2. The minimum absolute atomic E-state index is 0.991. The Morgan fingerprint density at radius 1 is 0.458 bits per heavy atom. The maximum Gasteiger partial charge on any atom is 0.0408 e. The van der Waals surface area contributed by atoms with Gasteiger partial charge >= 0.3 is 0 Å². The first-order chi connectivity index (χ1) is 29.1. The van der Waals surface area contributed by atoms with Crippen molar-refractivity contribution < 1.29 is 0 Å². The van der Waals surface area contributed by atoms with Crippen LogP contribution in [0.15, 0.2) is 225 Å². The van der Waals surface area contributed by atoms with Gasteiger partial charge in [-0.3, -0.25) is 0 Å². The summed E-state index contributed by atoms with van der Waals surface area (Å²) in [5.74, 6) is 0. The topological polar surface area (TPSA) is 3.24 Å². The highest BCUT2D eigenvalue weighted by Crippen LogP contribution is 2.32. The van der Waals surface area contributed by atoms with Gasteiger partial charge in [-0.25, -0.2) is 0 Å². The molecule has 0 fully saturated rings. The number of benzene rings is 7. The van der Waals surface area contributed by atoms with Crippen LogP contribution in [0.4, 0.5) is 11.4 Å². The summed E-state index contributed by atoms with van der Waals surface area (Å²) in [4.78, 5) is 2.23. The van der Waals surface area contributed by atoms with E-state index in [1.54, 1.807) is 0 Å². The second-order valence-electron chi connectivity index (χ2n) is 13.9. The third-order valence-electron chi connectivity index (χ3n) is 10.1. The van der Waals surface area contributed by atoms with E-state index < -0.39 is 0 Å². The lowest BCUT2D eigenvalue weighted by Gasteiger charge is -2.20. The second-order valence-corrected chi connectivity index (χ2v) is 13.9. The van der Waals surface area contributed by atoms with Gasteiger partial charge in [-0.05, 0) is 112 Å². The highest BCUT2D eigenvalue weighted by atomic mass is 15.1. The fourth-order valence-corrected chi connectivity index (χ4v) is 6.87. The van der Waals surface area contributed by atoms with Gasteiger partial charge in [-0.2, -0.15) is 0 Å². The van der Waals surface area contributed by atoms with E-state index >= 15 is 0 Å². The first-order valence-corrected chi connectivity index (χ1v) is 21.0. The predicted octanol–water partition coefficient (Wildman–Crippen LogP) is 16.9. The summed E-state index contributed by atoms with van der Waals surface area (Å²) in [5, 5.41) is 0. The zero-order valence-corrected chi connectivity index (χ0v) is 35.7. The van der Waals surface area contributed by atoms with Gasteiger partial charge in [0.2, 0.25) is 0 Å². The van der Waals surface area contributed by atoms with Crippen molar-refractivity contribution in [2.45, 2.75) is 47.5 Å². The van der Waals surface area contributed by atoms with Gasteiger partial charge in [0.25, 0.3) is 0 Å². The second kappa shape index (κ2) is 23.5. The molecule has 0 aromatic heterocycles. The van der Waals surface area contributed by atoms with Crippen molar-refractivity contribution in [1.29, 1.82) is 0 Å².